The van der Waals surface area contributed by atoms with Crippen LogP contribution in [0.3, 0.4) is 0 Å². The van der Waals surface area contributed by atoms with Crippen molar-refractivity contribution in [2.24, 2.45) is 0 Å². The highest BCUT2D eigenvalue weighted by Crippen LogP contribution is 2.39. The van der Waals surface area contributed by atoms with E-state index < -0.39 is 11.4 Å². The lowest BCUT2D eigenvalue weighted by molar-refractivity contribution is -0.142. The fourth-order valence-corrected chi connectivity index (χ4v) is 4.01. The van der Waals surface area contributed by atoms with Gasteiger partial charge >= 0.3 is 5.97 Å². The number of hydrogen-bond donors (Lipinski definition) is 1. The van der Waals surface area contributed by atoms with Gasteiger partial charge in [-0.1, -0.05) is 43.2 Å². The van der Waals surface area contributed by atoms with Crippen LogP contribution < -0.4 is 5.32 Å². The van der Waals surface area contributed by atoms with Crippen LogP contribution in [-0.4, -0.2) is 16.9 Å². The van der Waals surface area contributed by atoms with Gasteiger partial charge in [0.05, 0.1) is 11.2 Å². The molecule has 0 aliphatic heterocycles. The Labute approximate surface area is 184 Å². The van der Waals surface area contributed by atoms with Crippen molar-refractivity contribution in [3.63, 3.8) is 0 Å². The van der Waals surface area contributed by atoms with Crippen molar-refractivity contribution in [1.82, 2.24) is 10.3 Å². The molecular weight excluding hydrogens is 446 g/mol. The molecule has 154 valence electrons. The molecule has 0 unspecified atom stereocenters. The second-order valence-electron chi connectivity index (χ2n) is 7.28. The van der Waals surface area contributed by atoms with Gasteiger partial charge in [0.1, 0.15) is 22.9 Å². The van der Waals surface area contributed by atoms with Crippen molar-refractivity contribution < 1.29 is 14.3 Å². The van der Waals surface area contributed by atoms with Gasteiger partial charge in [-0.2, -0.15) is 5.26 Å². The summed E-state index contributed by atoms with van der Waals surface area (Å²) < 4.78 is 5.67. The van der Waals surface area contributed by atoms with Gasteiger partial charge < -0.3 is 10.1 Å². The number of ether oxygens (including phenoxy) is 1. The van der Waals surface area contributed by atoms with E-state index in [0.29, 0.717) is 10.3 Å². The van der Waals surface area contributed by atoms with Gasteiger partial charge in [0.15, 0.2) is 0 Å². The third-order valence-electron chi connectivity index (χ3n) is 5.15. The van der Waals surface area contributed by atoms with Gasteiger partial charge in [0.2, 0.25) is 0 Å². The first kappa shape index (κ1) is 21.7. The number of carbonyl (C=O) groups is 2. The number of rotatable bonds is 6. The number of nitrogens with one attached hydrogen (secondary N) is 1. The number of benzene rings is 1. The van der Waals surface area contributed by atoms with Crippen molar-refractivity contribution in [2.45, 2.75) is 44.8 Å². The lowest BCUT2D eigenvalue weighted by Gasteiger charge is -2.31. The van der Waals surface area contributed by atoms with Gasteiger partial charge in [-0.15, -0.1) is 0 Å². The van der Waals surface area contributed by atoms with E-state index in [1.807, 2.05) is 30.3 Å². The van der Waals surface area contributed by atoms with Crippen molar-refractivity contribution in [1.29, 1.82) is 5.26 Å². The molecule has 0 saturated heterocycles. The Balaban J connectivity index is 1.81. The molecule has 1 aliphatic rings. The van der Waals surface area contributed by atoms with Crippen LogP contribution in [0.2, 0.25) is 0 Å². The molecule has 0 bridgehead atoms. The van der Waals surface area contributed by atoms with E-state index in [-0.39, 0.29) is 18.1 Å². The van der Waals surface area contributed by atoms with Crippen LogP contribution >= 0.6 is 15.9 Å². The average Bonchev–Trinajstić information content (AvgIpc) is 3.20. The topological polar surface area (TPSA) is 92.1 Å². The second kappa shape index (κ2) is 9.68. The molecule has 1 saturated carbocycles. The minimum absolute atomic E-state index is 0.0124. The number of pyridine rings is 1. The molecular formula is C23H22BrN3O3. The standard InChI is InChI=1S/C23H22BrN3O3/c1-16(28)30-15-17-7-9-19(10-8-17)23(11-2-3-12-23)27-22(29)18(14-25)13-20-5-4-6-21(24)26-20/h4-10,13H,2-3,11-12,15H2,1H3,(H,27,29)/b18-13+. The highest BCUT2D eigenvalue weighted by Gasteiger charge is 2.37. The summed E-state index contributed by atoms with van der Waals surface area (Å²) in [6.45, 7) is 1.59. The van der Waals surface area contributed by atoms with Crippen LogP contribution in [0.4, 0.5) is 0 Å². The van der Waals surface area contributed by atoms with Crippen LogP contribution in [-0.2, 0) is 26.5 Å². The molecule has 0 spiro atoms. The van der Waals surface area contributed by atoms with E-state index in [1.165, 1.54) is 13.0 Å². The van der Waals surface area contributed by atoms with E-state index in [1.54, 1.807) is 18.2 Å². The maximum absolute atomic E-state index is 12.9. The smallest absolute Gasteiger partial charge is 0.302 e. The molecule has 1 N–H and O–H groups in total. The normalized spacial score (nSPS) is 15.3. The van der Waals surface area contributed by atoms with Gasteiger partial charge in [-0.05, 0) is 58.1 Å². The van der Waals surface area contributed by atoms with Crippen LogP contribution in [0, 0.1) is 11.3 Å². The molecule has 1 aromatic heterocycles. The van der Waals surface area contributed by atoms with Gasteiger partial charge in [-0.25, -0.2) is 4.98 Å². The second-order valence-corrected chi connectivity index (χ2v) is 8.09. The third-order valence-corrected chi connectivity index (χ3v) is 5.59. The van der Waals surface area contributed by atoms with Crippen molar-refractivity contribution in [3.05, 3.63) is 69.5 Å². The quantitative estimate of drug-likeness (QED) is 0.294. The maximum Gasteiger partial charge on any atom is 0.302 e. The Morgan fingerprint density at radius 3 is 2.53 bits per heavy atom. The van der Waals surface area contributed by atoms with Crippen LogP contribution in [0.25, 0.3) is 6.08 Å². The van der Waals surface area contributed by atoms with E-state index in [2.05, 4.69) is 26.2 Å². The number of nitrogens with zero attached hydrogens (tertiary/aromatic N) is 2. The van der Waals surface area contributed by atoms with Crippen LogP contribution in [0.1, 0.15) is 49.4 Å². The molecule has 0 atom stereocenters. The fourth-order valence-electron chi connectivity index (χ4n) is 3.65. The molecule has 0 radical (unpaired) electrons. The Bertz CT molecular complexity index is 1000. The summed E-state index contributed by atoms with van der Waals surface area (Å²) in [7, 11) is 0. The maximum atomic E-state index is 12.9. The Kier molecular flexibility index (Phi) is 7.01. The lowest BCUT2D eigenvalue weighted by Crippen LogP contribution is -2.44. The minimum Gasteiger partial charge on any atom is -0.461 e. The van der Waals surface area contributed by atoms with E-state index in [9.17, 15) is 14.9 Å². The van der Waals surface area contributed by atoms with Crippen LogP contribution in [0.15, 0.2) is 52.6 Å². The summed E-state index contributed by atoms with van der Waals surface area (Å²) in [4.78, 5) is 28.2. The highest BCUT2D eigenvalue weighted by atomic mass is 79.9. The number of carbonyl (C=O) groups excluding carboxylic acids is 2. The summed E-state index contributed by atoms with van der Waals surface area (Å²) >= 11 is 3.29. The zero-order chi connectivity index (χ0) is 21.6. The number of halogens is 1. The summed E-state index contributed by atoms with van der Waals surface area (Å²) in [5.41, 5.74) is 1.90. The Morgan fingerprint density at radius 2 is 1.93 bits per heavy atom. The molecule has 1 heterocycles. The molecule has 2 aromatic rings. The third kappa shape index (κ3) is 5.33. The predicted octanol–water partition coefficient (Wildman–Crippen LogP) is 4.40. The molecule has 7 heteroatoms. The number of aromatic nitrogens is 1. The largest absolute Gasteiger partial charge is 0.461 e. The predicted molar refractivity (Wildman–Crippen MR) is 116 cm³/mol. The van der Waals surface area contributed by atoms with Gasteiger partial charge in [-0.3, -0.25) is 9.59 Å². The minimum atomic E-state index is -0.516. The SMILES string of the molecule is CC(=O)OCc1ccc(C2(NC(=O)/C(C#N)=C/c3cccc(Br)n3)CCCC2)cc1. The van der Waals surface area contributed by atoms with E-state index >= 15 is 0 Å². The molecule has 3 rings (SSSR count). The first-order valence-electron chi connectivity index (χ1n) is 9.71. The number of nitriles is 1. The van der Waals surface area contributed by atoms with Crippen molar-refractivity contribution in [3.8, 4) is 6.07 Å². The van der Waals surface area contributed by atoms with E-state index in [4.69, 9.17) is 4.74 Å². The Morgan fingerprint density at radius 1 is 1.23 bits per heavy atom. The van der Waals surface area contributed by atoms with Crippen molar-refractivity contribution >= 4 is 33.9 Å². The molecule has 1 aromatic carbocycles. The number of esters is 1. The van der Waals surface area contributed by atoms with Gasteiger partial charge in [0.25, 0.3) is 5.91 Å². The summed E-state index contributed by atoms with van der Waals surface area (Å²) in [6, 6.07) is 15.0. The molecule has 30 heavy (non-hydrogen) atoms. The monoisotopic (exact) mass is 467 g/mol. The first-order valence-corrected chi connectivity index (χ1v) is 10.5. The molecule has 6 nitrogen and oxygen atoms in total. The first-order chi connectivity index (χ1) is 14.4. The summed E-state index contributed by atoms with van der Waals surface area (Å²) in [5.74, 6) is -0.737. The Hall–Kier alpha value is -2.98. The van der Waals surface area contributed by atoms with Crippen molar-refractivity contribution in [2.75, 3.05) is 0 Å². The molecule has 1 aliphatic carbocycles. The summed E-state index contributed by atoms with van der Waals surface area (Å²) in [5, 5.41) is 12.6. The molecule has 1 amide bonds. The lowest BCUT2D eigenvalue weighted by atomic mass is 9.87. The average molecular weight is 468 g/mol. The fraction of sp³-hybridized carbons (Fsp3) is 0.304. The zero-order valence-corrected chi connectivity index (χ0v) is 18.2. The van der Waals surface area contributed by atoms with Gasteiger partial charge in [0, 0.05) is 6.92 Å². The number of hydrogen-bond acceptors (Lipinski definition) is 5. The zero-order valence-electron chi connectivity index (χ0n) is 16.7. The number of amides is 1. The van der Waals surface area contributed by atoms with E-state index in [0.717, 1.165) is 36.8 Å². The highest BCUT2D eigenvalue weighted by molar-refractivity contribution is 9.10. The molecule has 1 fully saturated rings. The summed E-state index contributed by atoms with van der Waals surface area (Å²) in [6.07, 6.45) is 5.08. The van der Waals surface area contributed by atoms with Crippen LogP contribution in [0.5, 0.6) is 0 Å².